The number of aromatic nitrogens is 5. The molecule has 3 aromatic heterocycles. The molecule has 2 aromatic carbocycles. The Morgan fingerprint density at radius 2 is 1.93 bits per heavy atom. The summed E-state index contributed by atoms with van der Waals surface area (Å²) in [5.41, 5.74) is 5.02. The summed E-state index contributed by atoms with van der Waals surface area (Å²) in [6, 6.07) is 18.1. The first kappa shape index (κ1) is 17.6. The van der Waals surface area contributed by atoms with Crippen molar-refractivity contribution in [1.29, 1.82) is 0 Å². The molecule has 7 heteroatoms. The van der Waals surface area contributed by atoms with Gasteiger partial charge in [-0.25, -0.2) is 0 Å². The van der Waals surface area contributed by atoms with Crippen molar-refractivity contribution >= 4 is 39.8 Å². The summed E-state index contributed by atoms with van der Waals surface area (Å²) in [5.74, 6) is 1.31. The van der Waals surface area contributed by atoms with Gasteiger partial charge in [-0.3, -0.25) is 9.38 Å². The highest BCUT2D eigenvalue weighted by molar-refractivity contribution is 6.31. The lowest BCUT2D eigenvalue weighted by Crippen LogP contribution is -2.13. The molecule has 0 fully saturated rings. The van der Waals surface area contributed by atoms with E-state index in [0.717, 1.165) is 39.2 Å². The molecule has 5 rings (SSSR count). The monoisotopic (exact) mass is 400 g/mol. The molecule has 0 atom stereocenters. The van der Waals surface area contributed by atoms with E-state index in [0.29, 0.717) is 10.8 Å². The van der Waals surface area contributed by atoms with Crippen molar-refractivity contribution in [2.45, 2.75) is 6.92 Å². The number of benzene rings is 2. The van der Waals surface area contributed by atoms with E-state index in [9.17, 15) is 0 Å². The summed E-state index contributed by atoms with van der Waals surface area (Å²) in [6.45, 7) is 2.03. The molecule has 0 spiro atoms. The van der Waals surface area contributed by atoms with E-state index in [1.54, 1.807) is 6.33 Å². The van der Waals surface area contributed by atoms with Gasteiger partial charge >= 0.3 is 0 Å². The molecule has 0 aliphatic carbocycles. The highest BCUT2D eigenvalue weighted by atomic mass is 35.5. The van der Waals surface area contributed by atoms with Gasteiger partial charge in [-0.15, -0.1) is 10.2 Å². The molecule has 29 heavy (non-hydrogen) atoms. The Balaban J connectivity index is 1.65. The predicted molar refractivity (Wildman–Crippen MR) is 116 cm³/mol. The Kier molecular flexibility index (Phi) is 4.14. The summed E-state index contributed by atoms with van der Waals surface area (Å²) < 4.78 is 1.84. The Bertz CT molecular complexity index is 1340. The van der Waals surface area contributed by atoms with Crippen LogP contribution in [0.5, 0.6) is 0 Å². The van der Waals surface area contributed by atoms with Crippen LogP contribution in [0.25, 0.3) is 27.9 Å². The lowest BCUT2D eigenvalue weighted by Gasteiger charge is -2.21. The fourth-order valence-corrected chi connectivity index (χ4v) is 3.58. The first-order valence-corrected chi connectivity index (χ1v) is 9.54. The van der Waals surface area contributed by atoms with Gasteiger partial charge in [0.1, 0.15) is 12.1 Å². The highest BCUT2D eigenvalue weighted by Crippen LogP contribution is 2.33. The van der Waals surface area contributed by atoms with E-state index in [-0.39, 0.29) is 0 Å². The number of pyridine rings is 1. The van der Waals surface area contributed by atoms with Gasteiger partial charge < -0.3 is 4.90 Å². The number of fused-ring (bicyclic) bond motifs is 3. The van der Waals surface area contributed by atoms with Crippen LogP contribution in [-0.4, -0.2) is 31.6 Å². The van der Waals surface area contributed by atoms with Crippen LogP contribution in [0.3, 0.4) is 0 Å². The van der Waals surface area contributed by atoms with Gasteiger partial charge in [0.25, 0.3) is 5.78 Å². The molecule has 0 amide bonds. The third-order valence-electron chi connectivity index (χ3n) is 4.95. The topological polar surface area (TPSA) is 59.2 Å². The molecule has 0 N–H and O–H groups in total. The zero-order valence-corrected chi connectivity index (χ0v) is 16.7. The zero-order valence-electron chi connectivity index (χ0n) is 15.9. The SMILES string of the molecule is Cc1ccc(-c2cccc(N(C)c3nc4nncn4c4cc(Cl)ccc34)c2)nc1. The fourth-order valence-electron chi connectivity index (χ4n) is 3.41. The van der Waals surface area contributed by atoms with Gasteiger partial charge in [0.2, 0.25) is 0 Å². The number of halogens is 1. The number of hydrogen-bond acceptors (Lipinski definition) is 5. The van der Waals surface area contributed by atoms with Gasteiger partial charge in [-0.05, 0) is 48.9 Å². The minimum atomic E-state index is 0.526. The molecule has 0 saturated carbocycles. The lowest BCUT2D eigenvalue weighted by atomic mass is 10.1. The van der Waals surface area contributed by atoms with E-state index >= 15 is 0 Å². The smallest absolute Gasteiger partial charge is 0.257 e. The van der Waals surface area contributed by atoms with Crippen molar-refractivity contribution in [3.8, 4) is 11.3 Å². The van der Waals surface area contributed by atoms with Crippen LogP contribution in [0.4, 0.5) is 11.5 Å². The second-order valence-electron chi connectivity index (χ2n) is 6.93. The predicted octanol–water partition coefficient (Wildman–Crippen LogP) is 5.07. The standard InChI is InChI=1S/C22H17ClN6/c1-14-6-9-19(24-12-14)15-4-3-5-17(10-15)28(2)21-18-8-7-16(23)11-20(18)29-13-25-27-22(29)26-21/h3-13H,1-2H3. The van der Waals surface area contributed by atoms with E-state index in [2.05, 4.69) is 39.4 Å². The van der Waals surface area contributed by atoms with Crippen LogP contribution in [0.1, 0.15) is 5.56 Å². The van der Waals surface area contributed by atoms with Crippen molar-refractivity contribution < 1.29 is 0 Å². The van der Waals surface area contributed by atoms with Crippen LogP contribution in [0, 0.1) is 6.92 Å². The van der Waals surface area contributed by atoms with Gasteiger partial charge in [0, 0.05) is 34.9 Å². The largest absolute Gasteiger partial charge is 0.329 e. The molecule has 0 bridgehead atoms. The molecule has 0 aliphatic rings. The van der Waals surface area contributed by atoms with E-state index in [4.69, 9.17) is 16.6 Å². The highest BCUT2D eigenvalue weighted by Gasteiger charge is 2.15. The third kappa shape index (κ3) is 3.07. The van der Waals surface area contributed by atoms with Gasteiger partial charge in [-0.2, -0.15) is 4.98 Å². The molecule has 142 valence electrons. The summed E-state index contributed by atoms with van der Waals surface area (Å²) in [6.07, 6.45) is 3.53. The molecule has 0 aliphatic heterocycles. The molecule has 0 saturated heterocycles. The van der Waals surface area contributed by atoms with E-state index in [1.807, 2.05) is 59.8 Å². The lowest BCUT2D eigenvalue weighted by molar-refractivity contribution is 1.08. The molecular weight excluding hydrogens is 384 g/mol. The zero-order chi connectivity index (χ0) is 20.0. The molecule has 3 heterocycles. The molecular formula is C22H17ClN6. The summed E-state index contributed by atoms with van der Waals surface area (Å²) in [4.78, 5) is 11.3. The summed E-state index contributed by atoms with van der Waals surface area (Å²) >= 11 is 6.24. The summed E-state index contributed by atoms with van der Waals surface area (Å²) in [7, 11) is 1.99. The van der Waals surface area contributed by atoms with Gasteiger partial charge in [0.05, 0.1) is 11.2 Å². The molecule has 5 aromatic rings. The average Bonchev–Trinajstić information content (AvgIpc) is 3.22. The number of anilines is 2. The van der Waals surface area contributed by atoms with Crippen LogP contribution < -0.4 is 4.90 Å². The minimum absolute atomic E-state index is 0.526. The van der Waals surface area contributed by atoms with Crippen molar-refractivity contribution in [2.75, 3.05) is 11.9 Å². The van der Waals surface area contributed by atoms with Crippen molar-refractivity contribution in [3.63, 3.8) is 0 Å². The van der Waals surface area contributed by atoms with Crippen molar-refractivity contribution in [2.24, 2.45) is 0 Å². The Morgan fingerprint density at radius 3 is 2.76 bits per heavy atom. The maximum atomic E-state index is 6.24. The maximum absolute atomic E-state index is 6.24. The fraction of sp³-hybridized carbons (Fsp3) is 0.0909. The van der Waals surface area contributed by atoms with Crippen molar-refractivity contribution in [1.82, 2.24) is 24.6 Å². The number of hydrogen-bond donors (Lipinski definition) is 0. The number of aryl methyl sites for hydroxylation is 1. The first-order chi connectivity index (χ1) is 14.1. The van der Waals surface area contributed by atoms with Crippen molar-refractivity contribution in [3.05, 3.63) is 77.7 Å². The normalized spacial score (nSPS) is 11.3. The second kappa shape index (κ2) is 6.83. The Morgan fingerprint density at radius 1 is 1.03 bits per heavy atom. The number of rotatable bonds is 3. The Hall–Kier alpha value is -3.51. The van der Waals surface area contributed by atoms with Gasteiger partial charge in [0.15, 0.2) is 0 Å². The second-order valence-corrected chi connectivity index (χ2v) is 7.36. The van der Waals surface area contributed by atoms with E-state index in [1.165, 1.54) is 0 Å². The van der Waals surface area contributed by atoms with Gasteiger partial charge in [-0.1, -0.05) is 29.8 Å². The van der Waals surface area contributed by atoms with Crippen LogP contribution in [0.2, 0.25) is 5.02 Å². The molecule has 0 unspecified atom stereocenters. The first-order valence-electron chi connectivity index (χ1n) is 9.16. The minimum Gasteiger partial charge on any atom is -0.329 e. The quantitative estimate of drug-likeness (QED) is 0.423. The summed E-state index contributed by atoms with van der Waals surface area (Å²) in [5, 5.41) is 9.74. The maximum Gasteiger partial charge on any atom is 0.257 e. The Labute approximate surface area is 172 Å². The number of nitrogens with zero attached hydrogens (tertiary/aromatic N) is 6. The third-order valence-corrected chi connectivity index (χ3v) is 5.19. The van der Waals surface area contributed by atoms with Crippen LogP contribution in [0.15, 0.2) is 67.1 Å². The van der Waals surface area contributed by atoms with E-state index < -0.39 is 0 Å². The van der Waals surface area contributed by atoms with Crippen LogP contribution in [-0.2, 0) is 0 Å². The average molecular weight is 401 g/mol. The van der Waals surface area contributed by atoms with Crippen LogP contribution >= 0.6 is 11.6 Å². The molecule has 0 radical (unpaired) electrons. The molecule has 6 nitrogen and oxygen atoms in total.